The fourth-order valence-electron chi connectivity index (χ4n) is 3.12. The van der Waals surface area contributed by atoms with Crippen LogP contribution in [0.2, 0.25) is 0 Å². The molecule has 0 aromatic carbocycles. The maximum atomic E-state index is 2.92. The summed E-state index contributed by atoms with van der Waals surface area (Å²) in [5.74, 6) is 1.12. The van der Waals surface area contributed by atoms with Crippen LogP contribution in [-0.4, -0.2) is 36.1 Å². The van der Waals surface area contributed by atoms with Gasteiger partial charge < -0.3 is 4.57 Å². The van der Waals surface area contributed by atoms with Crippen molar-refractivity contribution in [2.45, 2.75) is 44.6 Å². The molecule has 70 valence electrons. The second-order valence-corrected chi connectivity index (χ2v) is 7.72. The number of nitrogens with zero attached hydrogens (tertiary/aromatic N) is 1. The molecule has 0 amide bonds. The fourth-order valence-corrected chi connectivity index (χ4v) is 6.97. The summed E-state index contributed by atoms with van der Waals surface area (Å²) in [6.07, 6.45) is 9.20. The van der Waals surface area contributed by atoms with Crippen molar-refractivity contribution >= 4 is 19.0 Å². The minimum Gasteiger partial charge on any atom is -0.329 e. The summed E-state index contributed by atoms with van der Waals surface area (Å²) in [4.78, 5) is 0. The van der Waals surface area contributed by atoms with Gasteiger partial charge in [0, 0.05) is 15.8 Å². The molecule has 2 rings (SSSR count). The Balaban J connectivity index is 1.99. The molecular weight excluding hydrogens is 178 g/mol. The van der Waals surface area contributed by atoms with E-state index in [1.807, 2.05) is 0 Å². The largest absolute Gasteiger partial charge is 0.329 e. The zero-order chi connectivity index (χ0) is 8.39. The summed E-state index contributed by atoms with van der Waals surface area (Å²) in [7, 11) is 1.78. The Morgan fingerprint density at radius 3 is 2.67 bits per heavy atom. The molecule has 0 aromatic rings. The predicted octanol–water partition coefficient (Wildman–Crippen LogP) is 0.00520. The lowest BCUT2D eigenvalue weighted by Crippen LogP contribution is -2.48. The molecule has 0 bridgehead atoms. The van der Waals surface area contributed by atoms with E-state index >= 15 is 0 Å². The Kier molecular flexibility index (Phi) is 3.04. The van der Waals surface area contributed by atoms with Crippen LogP contribution in [-0.2, 0) is 0 Å². The van der Waals surface area contributed by atoms with Crippen molar-refractivity contribution < 1.29 is 0 Å². The molecule has 1 saturated heterocycles. The molecule has 1 nitrogen and oxygen atoms in total. The van der Waals surface area contributed by atoms with E-state index in [-0.39, 0.29) is 9.20 Å². The van der Waals surface area contributed by atoms with E-state index in [1.54, 1.807) is 19.3 Å². The Morgan fingerprint density at radius 2 is 1.83 bits per heavy atom. The summed E-state index contributed by atoms with van der Waals surface area (Å²) < 4.78 is 2.92. The van der Waals surface area contributed by atoms with Crippen LogP contribution in [0, 0.1) is 5.92 Å². The Bertz CT molecular complexity index is 143. The minimum absolute atomic E-state index is 0.275. The van der Waals surface area contributed by atoms with Gasteiger partial charge in [-0.05, 0) is 38.1 Å². The highest BCUT2D eigenvalue weighted by atomic mass is 29.1. The Labute approximate surface area is 81.0 Å². The highest BCUT2D eigenvalue weighted by molar-refractivity contribution is 6.87. The molecule has 1 heterocycles. The van der Waals surface area contributed by atoms with Crippen molar-refractivity contribution in [1.29, 1.82) is 0 Å². The molecule has 2 fully saturated rings. The van der Waals surface area contributed by atoms with E-state index in [4.69, 9.17) is 0 Å². The first-order valence-corrected chi connectivity index (χ1v) is 11.9. The lowest BCUT2D eigenvalue weighted by molar-refractivity contribution is 0.130. The van der Waals surface area contributed by atoms with Gasteiger partial charge in [-0.15, -0.1) is 0 Å². The number of rotatable bonds is 1. The first-order chi connectivity index (χ1) is 5.92. The molecule has 2 aliphatic rings. The van der Waals surface area contributed by atoms with Crippen molar-refractivity contribution in [3.63, 3.8) is 0 Å². The van der Waals surface area contributed by atoms with Gasteiger partial charge in [0.15, 0.2) is 0 Å². The maximum Gasteiger partial charge on any atom is 0.0759 e. The number of hydrogen-bond donors (Lipinski definition) is 0. The average molecular weight is 199 g/mol. The van der Waals surface area contributed by atoms with Gasteiger partial charge >= 0.3 is 0 Å². The zero-order valence-electron chi connectivity index (χ0n) is 8.26. The van der Waals surface area contributed by atoms with Crippen molar-refractivity contribution in [2.75, 3.05) is 6.54 Å². The number of hydrogen-bond acceptors (Lipinski definition) is 1. The van der Waals surface area contributed by atoms with Gasteiger partial charge in [-0.2, -0.15) is 0 Å². The molecule has 3 heteroatoms. The van der Waals surface area contributed by atoms with E-state index in [9.17, 15) is 0 Å². The molecule has 12 heavy (non-hydrogen) atoms. The molecule has 0 unspecified atom stereocenters. The van der Waals surface area contributed by atoms with Gasteiger partial charge in [-0.3, -0.25) is 0 Å². The molecule has 1 aliphatic carbocycles. The van der Waals surface area contributed by atoms with Crippen molar-refractivity contribution in [3.8, 4) is 0 Å². The molecule has 0 radical (unpaired) electrons. The lowest BCUT2D eigenvalue weighted by atomic mass is 9.79. The van der Waals surface area contributed by atoms with Crippen LogP contribution in [0.3, 0.4) is 0 Å². The van der Waals surface area contributed by atoms with Crippen molar-refractivity contribution in [1.82, 2.24) is 4.57 Å². The SMILES string of the molecule is [SiH3][SiH2]N1CCC[C@H]2CCCC[C@@H]21. The summed E-state index contributed by atoms with van der Waals surface area (Å²) in [6, 6.07) is 1.07. The maximum absolute atomic E-state index is 2.92. The van der Waals surface area contributed by atoms with Crippen molar-refractivity contribution in [3.05, 3.63) is 0 Å². The van der Waals surface area contributed by atoms with Gasteiger partial charge in [-0.1, -0.05) is 12.8 Å². The van der Waals surface area contributed by atoms with Crippen LogP contribution in [0.15, 0.2) is 0 Å². The Hall–Kier alpha value is 0.394. The Morgan fingerprint density at radius 1 is 1.08 bits per heavy atom. The van der Waals surface area contributed by atoms with E-state index in [0.29, 0.717) is 0 Å². The third-order valence-electron chi connectivity index (χ3n) is 3.76. The molecule has 1 saturated carbocycles. The second-order valence-electron chi connectivity index (χ2n) is 4.38. The number of fused-ring (bicyclic) bond motifs is 1. The molecular formula is C9H21NSi2. The highest BCUT2D eigenvalue weighted by Crippen LogP contribution is 2.34. The highest BCUT2D eigenvalue weighted by Gasteiger charge is 2.31. The monoisotopic (exact) mass is 199 g/mol. The van der Waals surface area contributed by atoms with E-state index in [0.717, 1.165) is 12.0 Å². The van der Waals surface area contributed by atoms with E-state index < -0.39 is 0 Å². The van der Waals surface area contributed by atoms with Crippen LogP contribution in [0.1, 0.15) is 38.5 Å². The molecule has 1 aliphatic heterocycles. The lowest BCUT2D eigenvalue weighted by Gasteiger charge is -2.44. The summed E-state index contributed by atoms with van der Waals surface area (Å²) in [5.41, 5.74) is 0. The van der Waals surface area contributed by atoms with E-state index in [1.165, 1.54) is 35.6 Å². The van der Waals surface area contributed by atoms with Crippen molar-refractivity contribution in [2.24, 2.45) is 5.92 Å². The predicted molar refractivity (Wildman–Crippen MR) is 60.2 cm³/mol. The average Bonchev–Trinajstić information content (AvgIpc) is 2.17. The van der Waals surface area contributed by atoms with Gasteiger partial charge in [0.1, 0.15) is 0 Å². The van der Waals surface area contributed by atoms with Gasteiger partial charge in [0.25, 0.3) is 0 Å². The first-order valence-electron chi connectivity index (χ1n) is 5.66. The topological polar surface area (TPSA) is 3.24 Å². The second kappa shape index (κ2) is 4.07. The van der Waals surface area contributed by atoms with E-state index in [2.05, 4.69) is 4.57 Å². The third kappa shape index (κ3) is 1.68. The minimum atomic E-state index is 0.275. The molecule has 2 atom stereocenters. The summed E-state index contributed by atoms with van der Waals surface area (Å²) >= 11 is 0. The number of piperidine rings is 1. The fraction of sp³-hybridized carbons (Fsp3) is 1.00. The quantitative estimate of drug-likeness (QED) is 0.538. The molecule has 0 N–H and O–H groups in total. The van der Waals surface area contributed by atoms with Crippen LogP contribution in [0.4, 0.5) is 0 Å². The van der Waals surface area contributed by atoms with Crippen LogP contribution in [0.5, 0.6) is 0 Å². The normalized spacial score (nSPS) is 39.0. The van der Waals surface area contributed by atoms with Gasteiger partial charge in [0.05, 0.1) is 9.20 Å². The first kappa shape index (κ1) is 8.97. The summed E-state index contributed by atoms with van der Waals surface area (Å²) in [6.45, 7) is 1.47. The standard InChI is InChI=1S/C9H21NSi2/c11-12-10-7-3-5-8-4-1-2-6-9(8)10/h8-9H,1-7,12H2,11H3/t8-,9+/m1/s1. The van der Waals surface area contributed by atoms with Gasteiger partial charge in [-0.25, -0.2) is 0 Å². The van der Waals surface area contributed by atoms with Crippen LogP contribution < -0.4 is 0 Å². The molecule has 0 aromatic heterocycles. The molecule has 0 spiro atoms. The third-order valence-corrected chi connectivity index (χ3v) is 7.80. The summed E-state index contributed by atoms with van der Waals surface area (Å²) in [5, 5.41) is 0. The van der Waals surface area contributed by atoms with Crippen LogP contribution >= 0.6 is 0 Å². The smallest absolute Gasteiger partial charge is 0.0759 e. The zero-order valence-corrected chi connectivity index (χ0v) is 11.7. The van der Waals surface area contributed by atoms with Crippen LogP contribution in [0.25, 0.3) is 0 Å². The van der Waals surface area contributed by atoms with Gasteiger partial charge in [0.2, 0.25) is 0 Å².